The molecule has 0 N–H and O–H groups in total. The van der Waals surface area contributed by atoms with E-state index in [1.165, 1.54) is 16.9 Å². The van der Waals surface area contributed by atoms with Crippen molar-refractivity contribution in [1.82, 2.24) is 0 Å². The van der Waals surface area contributed by atoms with Crippen molar-refractivity contribution in [2.24, 2.45) is 0 Å². The molecule has 0 atom stereocenters. The van der Waals surface area contributed by atoms with Gasteiger partial charge in [0.25, 0.3) is 0 Å². The van der Waals surface area contributed by atoms with Gasteiger partial charge in [0.1, 0.15) is 5.75 Å². The molecular weight excluding hydrogens is 210 g/mol. The summed E-state index contributed by atoms with van der Waals surface area (Å²) >= 11 is 0. The van der Waals surface area contributed by atoms with E-state index in [1.807, 2.05) is 12.1 Å². The fourth-order valence-corrected chi connectivity index (χ4v) is 2.37. The van der Waals surface area contributed by atoms with Gasteiger partial charge in [-0.3, -0.25) is 0 Å². The average molecular weight is 225 g/mol. The van der Waals surface area contributed by atoms with E-state index in [0.29, 0.717) is 0 Å². The van der Waals surface area contributed by atoms with Crippen LogP contribution < -0.4 is 9.64 Å². The first-order chi connectivity index (χ1) is 8.38. The van der Waals surface area contributed by atoms with Gasteiger partial charge in [-0.25, -0.2) is 0 Å². The number of fused-ring (bicyclic) bond motifs is 1. The number of rotatable bonds is 2. The van der Waals surface area contributed by atoms with Crippen molar-refractivity contribution in [2.45, 2.75) is 6.42 Å². The molecule has 1 heterocycles. The lowest BCUT2D eigenvalue weighted by atomic mass is 10.2. The van der Waals surface area contributed by atoms with Crippen LogP contribution >= 0.6 is 0 Å². The summed E-state index contributed by atoms with van der Waals surface area (Å²) in [5.74, 6) is 0.904. The Balaban J connectivity index is 1.95. The molecule has 0 unspecified atom stereocenters. The van der Waals surface area contributed by atoms with Gasteiger partial charge in [-0.1, -0.05) is 18.2 Å². The highest BCUT2D eigenvalue weighted by Crippen LogP contribution is 2.34. The summed E-state index contributed by atoms with van der Waals surface area (Å²) in [7, 11) is 1.69. The third-order valence-corrected chi connectivity index (χ3v) is 3.27. The van der Waals surface area contributed by atoms with Crippen molar-refractivity contribution < 1.29 is 4.74 Å². The molecule has 3 rings (SSSR count). The monoisotopic (exact) mass is 225 g/mol. The molecule has 86 valence electrons. The summed E-state index contributed by atoms with van der Waals surface area (Å²) in [5.41, 5.74) is 4.00. The minimum atomic E-state index is 0.904. The van der Waals surface area contributed by atoms with Crippen LogP contribution in [0.2, 0.25) is 0 Å². The SMILES string of the molecule is COc1ccc(N2CCc3ccccc32)cc1. The van der Waals surface area contributed by atoms with Crippen LogP contribution in [0.1, 0.15) is 5.56 Å². The van der Waals surface area contributed by atoms with Crippen LogP contribution in [0.5, 0.6) is 5.75 Å². The van der Waals surface area contributed by atoms with E-state index in [4.69, 9.17) is 4.74 Å². The lowest BCUT2D eigenvalue weighted by Gasteiger charge is -2.19. The Morgan fingerprint density at radius 3 is 2.53 bits per heavy atom. The molecule has 2 nitrogen and oxygen atoms in total. The number of methoxy groups -OCH3 is 1. The Morgan fingerprint density at radius 2 is 1.76 bits per heavy atom. The molecule has 0 aromatic heterocycles. The van der Waals surface area contributed by atoms with Crippen molar-refractivity contribution in [3.63, 3.8) is 0 Å². The highest BCUT2D eigenvalue weighted by molar-refractivity contribution is 5.70. The summed E-state index contributed by atoms with van der Waals surface area (Å²) in [6.45, 7) is 1.06. The minimum absolute atomic E-state index is 0.904. The topological polar surface area (TPSA) is 12.5 Å². The standard InChI is InChI=1S/C15H15NO/c1-17-14-8-6-13(7-9-14)16-11-10-12-4-2-3-5-15(12)16/h2-9H,10-11H2,1H3. The van der Waals surface area contributed by atoms with Crippen molar-refractivity contribution in [3.05, 3.63) is 54.1 Å². The predicted octanol–water partition coefficient (Wildman–Crippen LogP) is 3.39. The normalized spacial score (nSPS) is 13.6. The zero-order valence-corrected chi connectivity index (χ0v) is 9.89. The second kappa shape index (κ2) is 4.13. The molecule has 0 saturated carbocycles. The van der Waals surface area contributed by atoms with Gasteiger partial charge in [-0.2, -0.15) is 0 Å². The van der Waals surface area contributed by atoms with Crippen LogP contribution in [-0.2, 0) is 6.42 Å². The number of ether oxygens (including phenoxy) is 1. The minimum Gasteiger partial charge on any atom is -0.497 e. The zero-order chi connectivity index (χ0) is 11.7. The first-order valence-electron chi connectivity index (χ1n) is 5.88. The van der Waals surface area contributed by atoms with Crippen molar-refractivity contribution in [3.8, 4) is 5.75 Å². The third-order valence-electron chi connectivity index (χ3n) is 3.27. The molecule has 1 aliphatic heterocycles. The molecule has 2 heteroatoms. The molecule has 2 aromatic carbocycles. The van der Waals surface area contributed by atoms with E-state index in [9.17, 15) is 0 Å². The Morgan fingerprint density at radius 1 is 1.00 bits per heavy atom. The second-order valence-electron chi connectivity index (χ2n) is 4.23. The molecule has 0 amide bonds. The fraction of sp³-hybridized carbons (Fsp3) is 0.200. The van der Waals surface area contributed by atoms with Crippen molar-refractivity contribution >= 4 is 11.4 Å². The maximum atomic E-state index is 5.18. The van der Waals surface area contributed by atoms with Crippen molar-refractivity contribution in [2.75, 3.05) is 18.6 Å². The van der Waals surface area contributed by atoms with Crippen LogP contribution in [0.25, 0.3) is 0 Å². The highest BCUT2D eigenvalue weighted by Gasteiger charge is 2.19. The summed E-state index contributed by atoms with van der Waals surface area (Å²) in [6.07, 6.45) is 1.13. The predicted molar refractivity (Wildman–Crippen MR) is 70.1 cm³/mol. The average Bonchev–Trinajstić information content (AvgIpc) is 2.83. The maximum Gasteiger partial charge on any atom is 0.119 e. The Labute approximate surface area is 101 Å². The van der Waals surface area contributed by atoms with E-state index in [0.717, 1.165) is 18.7 Å². The second-order valence-corrected chi connectivity index (χ2v) is 4.23. The number of hydrogen-bond donors (Lipinski definition) is 0. The molecule has 2 aromatic rings. The smallest absolute Gasteiger partial charge is 0.119 e. The molecule has 0 radical (unpaired) electrons. The van der Waals surface area contributed by atoms with Gasteiger partial charge in [0, 0.05) is 17.9 Å². The van der Waals surface area contributed by atoms with Crippen LogP contribution in [-0.4, -0.2) is 13.7 Å². The van der Waals surface area contributed by atoms with Gasteiger partial charge in [-0.15, -0.1) is 0 Å². The lowest BCUT2D eigenvalue weighted by Crippen LogP contribution is -2.12. The number of anilines is 2. The molecule has 0 saturated heterocycles. The van der Waals surface area contributed by atoms with E-state index >= 15 is 0 Å². The van der Waals surface area contributed by atoms with E-state index in [-0.39, 0.29) is 0 Å². The maximum absolute atomic E-state index is 5.18. The summed E-state index contributed by atoms with van der Waals surface area (Å²) < 4.78 is 5.18. The van der Waals surface area contributed by atoms with E-state index < -0.39 is 0 Å². The van der Waals surface area contributed by atoms with E-state index in [2.05, 4.69) is 41.3 Å². The number of hydrogen-bond acceptors (Lipinski definition) is 2. The van der Waals surface area contributed by atoms with Crippen molar-refractivity contribution in [1.29, 1.82) is 0 Å². The first-order valence-corrected chi connectivity index (χ1v) is 5.88. The molecule has 0 fully saturated rings. The summed E-state index contributed by atoms with van der Waals surface area (Å²) in [4.78, 5) is 2.36. The molecule has 0 spiro atoms. The first kappa shape index (κ1) is 10.2. The molecule has 0 bridgehead atoms. The van der Waals surface area contributed by atoms with Gasteiger partial charge in [0.15, 0.2) is 0 Å². The Kier molecular flexibility index (Phi) is 2.48. The summed E-state index contributed by atoms with van der Waals surface area (Å²) in [5, 5.41) is 0. The van der Waals surface area contributed by atoms with Crippen LogP contribution in [0, 0.1) is 0 Å². The molecule has 0 aliphatic carbocycles. The third kappa shape index (κ3) is 1.76. The quantitative estimate of drug-likeness (QED) is 0.776. The van der Waals surface area contributed by atoms with Gasteiger partial charge >= 0.3 is 0 Å². The van der Waals surface area contributed by atoms with Gasteiger partial charge in [0.2, 0.25) is 0 Å². The zero-order valence-electron chi connectivity index (χ0n) is 9.89. The van der Waals surface area contributed by atoms with Crippen LogP contribution in [0.15, 0.2) is 48.5 Å². The van der Waals surface area contributed by atoms with Crippen LogP contribution in [0.4, 0.5) is 11.4 Å². The molecular formula is C15H15NO. The molecule has 17 heavy (non-hydrogen) atoms. The summed E-state index contributed by atoms with van der Waals surface area (Å²) in [6, 6.07) is 16.8. The van der Waals surface area contributed by atoms with Gasteiger partial charge in [-0.05, 0) is 42.3 Å². The Hall–Kier alpha value is -1.96. The van der Waals surface area contributed by atoms with E-state index in [1.54, 1.807) is 7.11 Å². The number of benzene rings is 2. The highest BCUT2D eigenvalue weighted by atomic mass is 16.5. The Bertz CT molecular complexity index is 519. The number of nitrogens with zero attached hydrogens (tertiary/aromatic N) is 1. The fourth-order valence-electron chi connectivity index (χ4n) is 2.37. The van der Waals surface area contributed by atoms with Crippen LogP contribution in [0.3, 0.4) is 0 Å². The van der Waals surface area contributed by atoms with Gasteiger partial charge in [0.05, 0.1) is 7.11 Å². The molecule has 1 aliphatic rings. The lowest BCUT2D eigenvalue weighted by molar-refractivity contribution is 0.415. The largest absolute Gasteiger partial charge is 0.497 e. The van der Waals surface area contributed by atoms with Gasteiger partial charge < -0.3 is 9.64 Å². The number of para-hydroxylation sites is 1.